The molecule has 2 rings (SSSR count). The first-order valence-corrected chi connectivity index (χ1v) is 6.70. The maximum Gasteiger partial charge on any atom is 0.335 e. The van der Waals surface area contributed by atoms with Gasteiger partial charge in [0.1, 0.15) is 0 Å². The number of esters is 1. The van der Waals surface area contributed by atoms with Crippen LogP contribution in [-0.2, 0) is 14.3 Å². The maximum absolute atomic E-state index is 12.4. The second-order valence-corrected chi connectivity index (χ2v) is 6.72. The van der Waals surface area contributed by atoms with E-state index < -0.39 is 17.2 Å². The van der Waals surface area contributed by atoms with Gasteiger partial charge >= 0.3 is 5.97 Å². The quantitative estimate of drug-likeness (QED) is 0.679. The molecule has 1 spiro atoms. The van der Waals surface area contributed by atoms with E-state index in [-0.39, 0.29) is 11.4 Å². The predicted molar refractivity (Wildman–Crippen MR) is 71.0 cm³/mol. The van der Waals surface area contributed by atoms with E-state index in [0.29, 0.717) is 25.2 Å². The molecule has 2 aliphatic rings. The van der Waals surface area contributed by atoms with Gasteiger partial charge in [-0.15, -0.1) is 0 Å². The molecule has 5 nitrogen and oxygen atoms in total. The largest absolute Gasteiger partial charge is 0.481 e. The number of nitrogens with zero attached hydrogens (tertiary/aromatic N) is 1. The molecular weight excluding hydrogens is 246 g/mol. The molecule has 0 amide bonds. The highest BCUT2D eigenvalue weighted by Crippen LogP contribution is 2.45. The van der Waals surface area contributed by atoms with Crippen LogP contribution >= 0.6 is 0 Å². The lowest BCUT2D eigenvalue weighted by atomic mass is 9.76. The summed E-state index contributed by atoms with van der Waals surface area (Å²) in [5.41, 5.74) is -2.15. The van der Waals surface area contributed by atoms with E-state index in [0.717, 1.165) is 0 Å². The molecule has 3 atom stereocenters. The Morgan fingerprint density at radius 2 is 2.11 bits per heavy atom. The number of hydrogen-bond acceptors (Lipinski definition) is 5. The summed E-state index contributed by atoms with van der Waals surface area (Å²) in [5.74, 6) is 0.0935. The lowest BCUT2D eigenvalue weighted by Crippen LogP contribution is -2.59. The van der Waals surface area contributed by atoms with Crippen molar-refractivity contribution in [3.63, 3.8) is 0 Å². The third-order valence-corrected chi connectivity index (χ3v) is 4.49. The van der Waals surface area contributed by atoms with Crippen molar-refractivity contribution in [1.82, 2.24) is 0 Å². The Bertz CT molecular complexity index is 426. The summed E-state index contributed by atoms with van der Waals surface area (Å²) in [5, 5.41) is 9.70. The number of aliphatic hydroxyl groups is 1. The summed E-state index contributed by atoms with van der Waals surface area (Å²) in [6.45, 7) is 7.77. The van der Waals surface area contributed by atoms with Gasteiger partial charge in [0.25, 0.3) is 0 Å². The lowest BCUT2D eigenvalue weighted by molar-refractivity contribution is -0.172. The van der Waals surface area contributed by atoms with Gasteiger partial charge in [-0.05, 0) is 19.8 Å². The topological polar surface area (TPSA) is 68.1 Å². The Balaban J connectivity index is 2.46. The zero-order valence-electron chi connectivity index (χ0n) is 12.3. The average Bonchev–Trinajstić information content (AvgIpc) is 2.65. The van der Waals surface area contributed by atoms with Crippen molar-refractivity contribution in [2.45, 2.75) is 64.2 Å². The van der Waals surface area contributed by atoms with Crippen LogP contribution in [0.25, 0.3) is 0 Å². The number of carbonyl (C=O) groups excluding carboxylic acids is 1. The summed E-state index contributed by atoms with van der Waals surface area (Å²) in [7, 11) is 1.54. The fourth-order valence-corrected chi connectivity index (χ4v) is 2.67. The minimum atomic E-state index is -0.949. The molecule has 19 heavy (non-hydrogen) atoms. The van der Waals surface area contributed by atoms with Gasteiger partial charge < -0.3 is 14.6 Å². The standard InChI is InChI=1S/C14H23NO4/c1-12(2,3)13(4)10(18-5)15-14(11(17)19-13)7-6-9(16)8-14/h9,16H,6-8H2,1-5H3/t9-,13+,14+/m1/s1. The SMILES string of the molecule is COC1=N[C@]2(CC[C@@H](O)C2)C(=O)O[C@]1(C)C(C)(C)C. The van der Waals surface area contributed by atoms with Crippen molar-refractivity contribution in [2.24, 2.45) is 10.4 Å². The molecule has 1 heterocycles. The number of aliphatic imine (C=N–C) groups is 1. The summed E-state index contributed by atoms with van der Waals surface area (Å²) < 4.78 is 11.1. The Labute approximate surface area is 114 Å². The van der Waals surface area contributed by atoms with Crippen molar-refractivity contribution in [3.05, 3.63) is 0 Å². The first-order chi connectivity index (χ1) is 8.64. The molecule has 0 bridgehead atoms. The molecule has 1 N–H and O–H groups in total. The number of hydrogen-bond donors (Lipinski definition) is 1. The molecule has 0 aromatic rings. The highest BCUT2D eigenvalue weighted by Gasteiger charge is 2.58. The van der Waals surface area contributed by atoms with Gasteiger partial charge in [-0.25, -0.2) is 9.79 Å². The second-order valence-electron chi connectivity index (χ2n) is 6.72. The molecule has 0 aromatic carbocycles. The van der Waals surface area contributed by atoms with Crippen LogP contribution in [0.5, 0.6) is 0 Å². The van der Waals surface area contributed by atoms with Gasteiger partial charge in [0, 0.05) is 11.8 Å². The molecule has 0 aromatic heterocycles. The van der Waals surface area contributed by atoms with Crippen LogP contribution in [0.15, 0.2) is 4.99 Å². The molecule has 1 aliphatic heterocycles. The smallest absolute Gasteiger partial charge is 0.335 e. The average molecular weight is 269 g/mol. The fourth-order valence-electron chi connectivity index (χ4n) is 2.67. The summed E-state index contributed by atoms with van der Waals surface area (Å²) >= 11 is 0. The molecule has 5 heteroatoms. The van der Waals surface area contributed by atoms with E-state index in [2.05, 4.69) is 4.99 Å². The van der Waals surface area contributed by atoms with Gasteiger partial charge in [-0.1, -0.05) is 20.8 Å². The number of aliphatic hydroxyl groups excluding tert-OH is 1. The van der Waals surface area contributed by atoms with Crippen LogP contribution in [0.3, 0.4) is 0 Å². The summed E-state index contributed by atoms with van der Waals surface area (Å²) in [4.78, 5) is 16.9. The van der Waals surface area contributed by atoms with Crippen LogP contribution in [0.4, 0.5) is 0 Å². The van der Waals surface area contributed by atoms with Gasteiger partial charge in [0.2, 0.25) is 5.90 Å². The van der Waals surface area contributed by atoms with Crippen LogP contribution in [-0.4, -0.2) is 41.3 Å². The summed E-state index contributed by atoms with van der Waals surface area (Å²) in [6, 6.07) is 0. The predicted octanol–water partition coefficient (Wildman–Crippen LogP) is 1.68. The lowest BCUT2D eigenvalue weighted by Gasteiger charge is -2.45. The van der Waals surface area contributed by atoms with Crippen LogP contribution in [0, 0.1) is 5.41 Å². The zero-order valence-corrected chi connectivity index (χ0v) is 12.3. The molecule has 0 radical (unpaired) electrons. The van der Waals surface area contributed by atoms with Crippen LogP contribution in [0.2, 0.25) is 0 Å². The van der Waals surface area contributed by atoms with Crippen LogP contribution in [0.1, 0.15) is 47.0 Å². The Morgan fingerprint density at radius 1 is 1.47 bits per heavy atom. The maximum atomic E-state index is 12.4. The summed E-state index contributed by atoms with van der Waals surface area (Å²) in [6.07, 6.45) is 0.911. The van der Waals surface area contributed by atoms with E-state index in [1.165, 1.54) is 0 Å². The van der Waals surface area contributed by atoms with Gasteiger partial charge in [-0.2, -0.15) is 0 Å². The molecule has 108 valence electrons. The number of rotatable bonds is 0. The van der Waals surface area contributed by atoms with Gasteiger partial charge in [-0.3, -0.25) is 0 Å². The van der Waals surface area contributed by atoms with Gasteiger partial charge in [0.15, 0.2) is 11.1 Å². The number of ether oxygens (including phenoxy) is 2. The van der Waals surface area contributed by atoms with E-state index >= 15 is 0 Å². The van der Waals surface area contributed by atoms with Crippen LogP contribution < -0.4 is 0 Å². The number of carbonyl (C=O) groups is 1. The first kappa shape index (κ1) is 14.3. The minimum absolute atomic E-state index is 0.318. The first-order valence-electron chi connectivity index (χ1n) is 6.70. The monoisotopic (exact) mass is 269 g/mol. The molecular formula is C14H23NO4. The van der Waals surface area contributed by atoms with E-state index in [4.69, 9.17) is 9.47 Å². The highest BCUT2D eigenvalue weighted by molar-refractivity contribution is 5.96. The van der Waals surface area contributed by atoms with E-state index in [9.17, 15) is 9.90 Å². The van der Waals surface area contributed by atoms with Crippen molar-refractivity contribution in [3.8, 4) is 0 Å². The normalized spacial score (nSPS) is 39.2. The third-order valence-electron chi connectivity index (χ3n) is 4.49. The molecule has 0 unspecified atom stereocenters. The Morgan fingerprint density at radius 3 is 2.53 bits per heavy atom. The third kappa shape index (κ3) is 2.04. The number of methoxy groups -OCH3 is 1. The van der Waals surface area contributed by atoms with Crippen molar-refractivity contribution in [2.75, 3.05) is 7.11 Å². The van der Waals surface area contributed by atoms with E-state index in [1.54, 1.807) is 7.11 Å². The molecule has 0 saturated heterocycles. The second kappa shape index (κ2) is 4.20. The van der Waals surface area contributed by atoms with Crippen molar-refractivity contribution < 1.29 is 19.4 Å². The number of cyclic esters (lactones) is 1. The highest BCUT2D eigenvalue weighted by atomic mass is 16.6. The van der Waals surface area contributed by atoms with Crippen molar-refractivity contribution in [1.29, 1.82) is 0 Å². The van der Waals surface area contributed by atoms with E-state index in [1.807, 2.05) is 27.7 Å². The van der Waals surface area contributed by atoms with Crippen molar-refractivity contribution >= 4 is 11.9 Å². The fraction of sp³-hybridized carbons (Fsp3) is 0.857. The molecule has 1 fully saturated rings. The Hall–Kier alpha value is -1.10. The molecule has 1 saturated carbocycles. The Kier molecular flexibility index (Phi) is 3.16. The molecule has 1 aliphatic carbocycles. The zero-order chi connectivity index (χ0) is 14.5. The van der Waals surface area contributed by atoms with Gasteiger partial charge in [0.05, 0.1) is 13.2 Å². The minimum Gasteiger partial charge on any atom is -0.481 e.